The van der Waals surface area contributed by atoms with Crippen LogP contribution in [0.2, 0.25) is 0 Å². The summed E-state index contributed by atoms with van der Waals surface area (Å²) in [6.07, 6.45) is 0.664. The molecular weight excluding hydrogens is 269 g/mol. The summed E-state index contributed by atoms with van der Waals surface area (Å²) in [7, 11) is 4.93. The van der Waals surface area contributed by atoms with E-state index in [1.54, 1.807) is 25.3 Å². The lowest BCUT2D eigenvalue weighted by Crippen LogP contribution is -2.20. The molecule has 0 saturated carbocycles. The number of benzene rings is 2. The monoisotopic (exact) mass is 289 g/mol. The summed E-state index contributed by atoms with van der Waals surface area (Å²) < 4.78 is 24.6. The van der Waals surface area contributed by atoms with Gasteiger partial charge in [0.1, 0.15) is 5.75 Å². The van der Waals surface area contributed by atoms with E-state index in [0.29, 0.717) is 12.0 Å². The number of methoxy groups -OCH3 is 2. The molecule has 0 aromatic heterocycles. The standard InChI is InChI=1S/C17H20FNO2/c1-19-15(11-12-6-4-7-13(10-12)20-2)14-8-5-9-16(21-3)17(14)18/h4-10,15,19H,11H2,1-3H3. The Morgan fingerprint density at radius 3 is 2.52 bits per heavy atom. The van der Waals surface area contributed by atoms with E-state index < -0.39 is 0 Å². The van der Waals surface area contributed by atoms with Crippen molar-refractivity contribution in [1.29, 1.82) is 0 Å². The molecule has 2 rings (SSSR count). The quantitative estimate of drug-likeness (QED) is 0.884. The van der Waals surface area contributed by atoms with Gasteiger partial charge < -0.3 is 14.8 Å². The maximum Gasteiger partial charge on any atom is 0.169 e. The molecule has 0 aliphatic rings. The van der Waals surface area contributed by atoms with E-state index >= 15 is 0 Å². The zero-order valence-corrected chi connectivity index (χ0v) is 12.5. The molecule has 0 saturated heterocycles. The minimum absolute atomic E-state index is 0.132. The summed E-state index contributed by atoms with van der Waals surface area (Å²) in [6.45, 7) is 0. The molecule has 1 atom stereocenters. The minimum atomic E-state index is -0.317. The van der Waals surface area contributed by atoms with Crippen molar-refractivity contribution in [3.05, 3.63) is 59.4 Å². The number of ether oxygens (including phenoxy) is 2. The fourth-order valence-corrected chi connectivity index (χ4v) is 2.36. The minimum Gasteiger partial charge on any atom is -0.497 e. The lowest BCUT2D eigenvalue weighted by Gasteiger charge is -2.19. The van der Waals surface area contributed by atoms with Crippen molar-refractivity contribution >= 4 is 0 Å². The Kier molecular flexibility index (Phi) is 5.17. The summed E-state index contributed by atoms with van der Waals surface area (Å²) in [6, 6.07) is 12.9. The number of hydrogen-bond donors (Lipinski definition) is 1. The molecule has 1 N–H and O–H groups in total. The van der Waals surface area contributed by atoms with Gasteiger partial charge >= 0.3 is 0 Å². The largest absolute Gasteiger partial charge is 0.497 e. The van der Waals surface area contributed by atoms with Crippen LogP contribution in [0.1, 0.15) is 17.2 Å². The van der Waals surface area contributed by atoms with E-state index in [1.165, 1.54) is 7.11 Å². The first-order chi connectivity index (χ1) is 10.2. The highest BCUT2D eigenvalue weighted by Gasteiger charge is 2.17. The average Bonchev–Trinajstić information content (AvgIpc) is 2.53. The second-order valence-corrected chi connectivity index (χ2v) is 4.76. The maximum absolute atomic E-state index is 14.4. The number of nitrogens with one attached hydrogen (secondary N) is 1. The van der Waals surface area contributed by atoms with Crippen LogP contribution < -0.4 is 14.8 Å². The molecule has 0 bridgehead atoms. The number of rotatable bonds is 6. The molecule has 112 valence electrons. The van der Waals surface area contributed by atoms with Crippen molar-refractivity contribution in [3.63, 3.8) is 0 Å². The molecule has 4 heteroatoms. The number of halogens is 1. The Balaban J connectivity index is 2.27. The van der Waals surface area contributed by atoms with Crippen molar-refractivity contribution < 1.29 is 13.9 Å². The topological polar surface area (TPSA) is 30.5 Å². The Bertz CT molecular complexity index is 601. The summed E-state index contributed by atoms with van der Waals surface area (Å²) in [5.74, 6) is 0.745. The predicted octanol–water partition coefficient (Wildman–Crippen LogP) is 3.35. The van der Waals surface area contributed by atoms with Crippen LogP contribution in [0, 0.1) is 5.82 Å². The molecular formula is C17H20FNO2. The van der Waals surface area contributed by atoms with Crippen LogP contribution in [0.15, 0.2) is 42.5 Å². The van der Waals surface area contributed by atoms with E-state index in [9.17, 15) is 4.39 Å². The average molecular weight is 289 g/mol. The summed E-state index contributed by atoms with van der Waals surface area (Å²) in [4.78, 5) is 0. The van der Waals surface area contributed by atoms with Crippen molar-refractivity contribution in [3.8, 4) is 11.5 Å². The van der Waals surface area contributed by atoms with Gasteiger partial charge in [0.25, 0.3) is 0 Å². The van der Waals surface area contributed by atoms with Gasteiger partial charge in [0.05, 0.1) is 14.2 Å². The highest BCUT2D eigenvalue weighted by Crippen LogP contribution is 2.27. The fraction of sp³-hybridized carbons (Fsp3) is 0.294. The van der Waals surface area contributed by atoms with E-state index in [-0.39, 0.29) is 17.6 Å². The van der Waals surface area contributed by atoms with Gasteiger partial charge in [-0.2, -0.15) is 0 Å². The highest BCUT2D eigenvalue weighted by molar-refractivity contribution is 5.35. The van der Waals surface area contributed by atoms with Gasteiger partial charge in [0.2, 0.25) is 0 Å². The molecule has 0 fully saturated rings. The Morgan fingerprint density at radius 1 is 1.10 bits per heavy atom. The Hall–Kier alpha value is -2.07. The second-order valence-electron chi connectivity index (χ2n) is 4.76. The van der Waals surface area contributed by atoms with Crippen LogP contribution in [0.25, 0.3) is 0 Å². The normalized spacial score (nSPS) is 12.0. The van der Waals surface area contributed by atoms with Crippen molar-refractivity contribution in [2.24, 2.45) is 0 Å². The predicted molar refractivity (Wildman–Crippen MR) is 81.5 cm³/mol. The molecule has 2 aromatic rings. The van der Waals surface area contributed by atoms with Crippen molar-refractivity contribution in [2.75, 3.05) is 21.3 Å². The van der Waals surface area contributed by atoms with Gasteiger partial charge in [-0.15, -0.1) is 0 Å². The van der Waals surface area contributed by atoms with Crippen LogP contribution in [-0.4, -0.2) is 21.3 Å². The third-order valence-corrected chi connectivity index (χ3v) is 3.51. The summed E-state index contributed by atoms with van der Waals surface area (Å²) in [5, 5.41) is 3.16. The molecule has 2 aromatic carbocycles. The number of hydrogen-bond acceptors (Lipinski definition) is 3. The molecule has 0 radical (unpaired) electrons. The molecule has 0 aliphatic carbocycles. The zero-order chi connectivity index (χ0) is 15.2. The molecule has 21 heavy (non-hydrogen) atoms. The van der Waals surface area contributed by atoms with Crippen LogP contribution in [0.5, 0.6) is 11.5 Å². The van der Waals surface area contributed by atoms with Crippen molar-refractivity contribution in [1.82, 2.24) is 5.32 Å². The fourth-order valence-electron chi connectivity index (χ4n) is 2.36. The van der Waals surface area contributed by atoms with Gasteiger partial charge in [0, 0.05) is 11.6 Å². The van der Waals surface area contributed by atoms with Gasteiger partial charge in [-0.3, -0.25) is 0 Å². The van der Waals surface area contributed by atoms with Crippen LogP contribution in [0.4, 0.5) is 4.39 Å². The highest BCUT2D eigenvalue weighted by atomic mass is 19.1. The first-order valence-electron chi connectivity index (χ1n) is 6.82. The molecule has 0 heterocycles. The van der Waals surface area contributed by atoms with Gasteiger partial charge in [-0.1, -0.05) is 24.3 Å². The van der Waals surface area contributed by atoms with Gasteiger partial charge in [-0.25, -0.2) is 4.39 Å². The lowest BCUT2D eigenvalue weighted by atomic mass is 9.98. The maximum atomic E-state index is 14.4. The molecule has 1 unspecified atom stereocenters. The smallest absolute Gasteiger partial charge is 0.169 e. The van der Waals surface area contributed by atoms with E-state index in [1.807, 2.05) is 31.3 Å². The van der Waals surface area contributed by atoms with Gasteiger partial charge in [-0.05, 0) is 37.2 Å². The SMILES string of the molecule is CNC(Cc1cccc(OC)c1)c1cccc(OC)c1F. The Labute approximate surface area is 124 Å². The molecule has 0 spiro atoms. The summed E-state index contributed by atoms with van der Waals surface area (Å²) in [5.41, 5.74) is 1.68. The van der Waals surface area contributed by atoms with Gasteiger partial charge in [0.15, 0.2) is 11.6 Å². The molecule has 0 amide bonds. The van der Waals surface area contributed by atoms with E-state index in [0.717, 1.165) is 11.3 Å². The third-order valence-electron chi connectivity index (χ3n) is 3.51. The van der Waals surface area contributed by atoms with Crippen molar-refractivity contribution in [2.45, 2.75) is 12.5 Å². The second kappa shape index (κ2) is 7.09. The first-order valence-corrected chi connectivity index (χ1v) is 6.82. The number of likely N-dealkylation sites (N-methyl/N-ethyl adjacent to an activating group) is 1. The third kappa shape index (κ3) is 3.52. The summed E-state index contributed by atoms with van der Waals surface area (Å²) >= 11 is 0. The zero-order valence-electron chi connectivity index (χ0n) is 12.5. The molecule has 3 nitrogen and oxygen atoms in total. The first kappa shape index (κ1) is 15.3. The van der Waals surface area contributed by atoms with Crippen LogP contribution >= 0.6 is 0 Å². The van der Waals surface area contributed by atoms with Crippen LogP contribution in [0.3, 0.4) is 0 Å². The van der Waals surface area contributed by atoms with E-state index in [4.69, 9.17) is 9.47 Å². The lowest BCUT2D eigenvalue weighted by molar-refractivity contribution is 0.380. The molecule has 0 aliphatic heterocycles. The van der Waals surface area contributed by atoms with Crippen LogP contribution in [-0.2, 0) is 6.42 Å². The Morgan fingerprint density at radius 2 is 1.86 bits per heavy atom. The van der Waals surface area contributed by atoms with E-state index in [2.05, 4.69) is 5.32 Å².